The van der Waals surface area contributed by atoms with E-state index in [1.807, 2.05) is 24.3 Å². The van der Waals surface area contributed by atoms with Gasteiger partial charge >= 0.3 is 0 Å². The number of thioether (sulfide) groups is 1. The molecule has 3 rings (SSSR count). The highest BCUT2D eigenvalue weighted by atomic mass is 32.2. The minimum atomic E-state index is -0.0573. The van der Waals surface area contributed by atoms with Gasteiger partial charge in [0.25, 0.3) is 5.22 Å². The van der Waals surface area contributed by atoms with Gasteiger partial charge in [-0.3, -0.25) is 4.79 Å². The quantitative estimate of drug-likeness (QED) is 0.840. The van der Waals surface area contributed by atoms with Crippen molar-refractivity contribution >= 4 is 34.5 Å². The molecule has 1 amide bonds. The maximum atomic E-state index is 10.9. The lowest BCUT2D eigenvalue weighted by Crippen LogP contribution is -2.09. The lowest BCUT2D eigenvalue weighted by atomic mass is 10.3. The minimum absolute atomic E-state index is 0.0573. The first-order chi connectivity index (χ1) is 8.31. The largest absolute Gasteiger partial charge is 0.431 e. The second kappa shape index (κ2) is 4.21. The van der Waals surface area contributed by atoms with Gasteiger partial charge in [0.15, 0.2) is 5.58 Å². The van der Waals surface area contributed by atoms with Gasteiger partial charge in [0.05, 0.1) is 12.1 Å². The van der Waals surface area contributed by atoms with E-state index in [9.17, 15) is 4.79 Å². The van der Waals surface area contributed by atoms with E-state index >= 15 is 0 Å². The number of fused-ring (bicyclic) bond motifs is 1. The van der Waals surface area contributed by atoms with Crippen molar-refractivity contribution in [2.75, 3.05) is 5.75 Å². The van der Waals surface area contributed by atoms with Gasteiger partial charge in [-0.15, -0.1) is 0 Å². The summed E-state index contributed by atoms with van der Waals surface area (Å²) in [6.45, 7) is 0. The van der Waals surface area contributed by atoms with Crippen molar-refractivity contribution in [2.45, 2.75) is 11.6 Å². The second-order valence-corrected chi connectivity index (χ2v) is 4.55. The highest BCUT2D eigenvalue weighted by Crippen LogP contribution is 2.23. The maximum Gasteiger partial charge on any atom is 0.257 e. The highest BCUT2D eigenvalue weighted by molar-refractivity contribution is 7.99. The molecular formula is C11H9N3O2S. The number of aromatic nitrogens is 1. The monoisotopic (exact) mass is 247 g/mol. The van der Waals surface area contributed by atoms with E-state index in [2.05, 4.69) is 15.5 Å². The zero-order valence-electron chi connectivity index (χ0n) is 8.84. The van der Waals surface area contributed by atoms with Gasteiger partial charge in [0.2, 0.25) is 5.91 Å². The Morgan fingerprint density at radius 3 is 3.06 bits per heavy atom. The molecule has 0 saturated heterocycles. The van der Waals surface area contributed by atoms with E-state index in [1.54, 1.807) is 0 Å². The summed E-state index contributed by atoms with van der Waals surface area (Å²) in [4.78, 5) is 15.3. The predicted octanol–water partition coefficient (Wildman–Crippen LogP) is 1.80. The number of amides is 1. The first-order valence-electron chi connectivity index (χ1n) is 5.14. The summed E-state index contributed by atoms with van der Waals surface area (Å²) in [5.41, 5.74) is 4.86. The van der Waals surface area contributed by atoms with Crippen LogP contribution < -0.4 is 5.43 Å². The lowest BCUT2D eigenvalue weighted by molar-refractivity contribution is -0.119. The molecule has 0 atom stereocenters. The Morgan fingerprint density at radius 1 is 1.41 bits per heavy atom. The van der Waals surface area contributed by atoms with E-state index in [4.69, 9.17) is 4.42 Å². The third-order valence-corrected chi connectivity index (χ3v) is 3.24. The van der Waals surface area contributed by atoms with Crippen LogP contribution in [0.4, 0.5) is 0 Å². The summed E-state index contributed by atoms with van der Waals surface area (Å²) >= 11 is 1.44. The number of para-hydroxylation sites is 2. The fourth-order valence-electron chi connectivity index (χ4n) is 1.55. The fourth-order valence-corrected chi connectivity index (χ4v) is 2.32. The molecular weight excluding hydrogens is 238 g/mol. The Morgan fingerprint density at radius 2 is 2.29 bits per heavy atom. The number of benzene rings is 1. The number of hydrazone groups is 1. The molecule has 2 aromatic rings. The Kier molecular flexibility index (Phi) is 2.56. The topological polar surface area (TPSA) is 67.5 Å². The molecule has 0 radical (unpaired) electrons. The fraction of sp³-hybridized carbons (Fsp3) is 0.182. The standard InChI is InChI=1S/C11H9N3O2S/c15-10-5-7(13-14-10)6-17-11-12-8-3-1-2-4-9(8)16-11/h1-4H,5-6H2,(H,14,15). The highest BCUT2D eigenvalue weighted by Gasteiger charge is 2.15. The van der Waals surface area contributed by atoms with Crippen LogP contribution in [0.15, 0.2) is 39.0 Å². The summed E-state index contributed by atoms with van der Waals surface area (Å²) in [7, 11) is 0. The van der Waals surface area contributed by atoms with E-state index in [0.717, 1.165) is 16.8 Å². The van der Waals surface area contributed by atoms with Crippen LogP contribution in [0.2, 0.25) is 0 Å². The maximum absolute atomic E-state index is 10.9. The number of carbonyl (C=O) groups excluding carboxylic acids is 1. The van der Waals surface area contributed by atoms with Gasteiger partial charge in [-0.05, 0) is 12.1 Å². The van der Waals surface area contributed by atoms with Crippen molar-refractivity contribution in [1.82, 2.24) is 10.4 Å². The summed E-state index contributed by atoms with van der Waals surface area (Å²) in [5, 5.41) is 4.52. The van der Waals surface area contributed by atoms with E-state index in [1.165, 1.54) is 11.8 Å². The molecule has 1 aromatic carbocycles. The average Bonchev–Trinajstić information content (AvgIpc) is 2.91. The molecule has 86 valence electrons. The Balaban J connectivity index is 1.71. The van der Waals surface area contributed by atoms with Crippen LogP contribution in [0.3, 0.4) is 0 Å². The first kappa shape index (κ1) is 10.3. The van der Waals surface area contributed by atoms with Crippen molar-refractivity contribution in [1.29, 1.82) is 0 Å². The molecule has 1 aromatic heterocycles. The SMILES string of the molecule is O=C1CC(CSc2nc3ccccc3o2)=NN1. The van der Waals surface area contributed by atoms with Crippen LogP contribution in [0.5, 0.6) is 0 Å². The summed E-state index contributed by atoms with van der Waals surface area (Å²) in [5.74, 6) is 0.559. The second-order valence-electron chi connectivity index (χ2n) is 3.63. The third-order valence-electron chi connectivity index (χ3n) is 2.34. The van der Waals surface area contributed by atoms with E-state index < -0.39 is 0 Å². The van der Waals surface area contributed by atoms with Crippen molar-refractivity contribution < 1.29 is 9.21 Å². The van der Waals surface area contributed by atoms with Crippen LogP contribution in [-0.2, 0) is 4.79 Å². The van der Waals surface area contributed by atoms with Crippen molar-refractivity contribution in [3.8, 4) is 0 Å². The normalized spacial score (nSPS) is 15.1. The number of hydrogen-bond donors (Lipinski definition) is 1. The molecule has 0 aliphatic carbocycles. The smallest absolute Gasteiger partial charge is 0.257 e. The Labute approximate surface area is 101 Å². The molecule has 1 aliphatic rings. The molecule has 0 saturated carbocycles. The van der Waals surface area contributed by atoms with Crippen LogP contribution in [0, 0.1) is 0 Å². The van der Waals surface area contributed by atoms with Crippen LogP contribution in [-0.4, -0.2) is 22.4 Å². The molecule has 0 fully saturated rings. The van der Waals surface area contributed by atoms with E-state index in [-0.39, 0.29) is 5.91 Å². The van der Waals surface area contributed by atoms with Gasteiger partial charge in [-0.2, -0.15) is 5.10 Å². The predicted molar refractivity (Wildman–Crippen MR) is 64.9 cm³/mol. The number of carbonyl (C=O) groups is 1. The molecule has 17 heavy (non-hydrogen) atoms. The molecule has 0 spiro atoms. The van der Waals surface area contributed by atoms with Crippen molar-refractivity contribution in [2.24, 2.45) is 5.10 Å². The molecule has 1 N–H and O–H groups in total. The van der Waals surface area contributed by atoms with Gasteiger partial charge in [-0.25, -0.2) is 10.4 Å². The zero-order chi connectivity index (χ0) is 11.7. The number of nitrogens with zero attached hydrogens (tertiary/aromatic N) is 2. The van der Waals surface area contributed by atoms with Crippen LogP contribution in [0.25, 0.3) is 11.1 Å². The zero-order valence-corrected chi connectivity index (χ0v) is 9.66. The number of oxazole rings is 1. The van der Waals surface area contributed by atoms with Gasteiger partial charge in [0.1, 0.15) is 5.52 Å². The molecule has 5 nitrogen and oxygen atoms in total. The molecule has 1 aliphatic heterocycles. The Bertz CT molecular complexity index is 573. The third kappa shape index (κ3) is 2.16. The number of rotatable bonds is 3. The van der Waals surface area contributed by atoms with Gasteiger partial charge in [0, 0.05) is 5.75 Å². The lowest BCUT2D eigenvalue weighted by Gasteiger charge is -1.93. The molecule has 0 unspecified atom stereocenters. The average molecular weight is 247 g/mol. The minimum Gasteiger partial charge on any atom is -0.431 e. The number of hydrogen-bond acceptors (Lipinski definition) is 5. The summed E-state index contributed by atoms with van der Waals surface area (Å²) in [6.07, 6.45) is 0.368. The molecule has 2 heterocycles. The van der Waals surface area contributed by atoms with Crippen LogP contribution in [0.1, 0.15) is 6.42 Å². The first-order valence-corrected chi connectivity index (χ1v) is 6.12. The van der Waals surface area contributed by atoms with Crippen molar-refractivity contribution in [3.05, 3.63) is 24.3 Å². The van der Waals surface area contributed by atoms with Crippen LogP contribution >= 0.6 is 11.8 Å². The molecule has 0 bridgehead atoms. The van der Waals surface area contributed by atoms with E-state index in [0.29, 0.717) is 17.4 Å². The summed E-state index contributed by atoms with van der Waals surface area (Å²) < 4.78 is 5.55. The summed E-state index contributed by atoms with van der Waals surface area (Å²) in [6, 6.07) is 7.61. The Hall–Kier alpha value is -1.82. The van der Waals surface area contributed by atoms with Crippen molar-refractivity contribution in [3.63, 3.8) is 0 Å². The van der Waals surface area contributed by atoms with Gasteiger partial charge in [-0.1, -0.05) is 23.9 Å². The molecule has 6 heteroatoms. The van der Waals surface area contributed by atoms with Gasteiger partial charge < -0.3 is 4.42 Å². The number of nitrogens with one attached hydrogen (secondary N) is 1.